The van der Waals surface area contributed by atoms with E-state index in [2.05, 4.69) is 4.98 Å². The van der Waals surface area contributed by atoms with Gasteiger partial charge in [-0.15, -0.1) is 0 Å². The molecule has 2 rings (SSSR count). The molecule has 1 N–H and O–H groups in total. The molecule has 5 nitrogen and oxygen atoms in total. The van der Waals surface area contributed by atoms with Gasteiger partial charge in [0.05, 0.1) is 11.2 Å². The van der Waals surface area contributed by atoms with E-state index < -0.39 is 23.0 Å². The van der Waals surface area contributed by atoms with Crippen LogP contribution >= 0.6 is 0 Å². The van der Waals surface area contributed by atoms with Crippen LogP contribution in [0.4, 0.5) is 10.2 Å². The SMILES string of the molecule is CC1(C)CN(c2nccc(C(=O)O)c2F)CC(C)(C)O1. The van der Waals surface area contributed by atoms with Crippen LogP contribution in [0.15, 0.2) is 12.3 Å². The molecule has 1 aliphatic heterocycles. The lowest BCUT2D eigenvalue weighted by Crippen LogP contribution is -2.57. The number of aromatic carboxylic acids is 1. The van der Waals surface area contributed by atoms with E-state index in [1.807, 2.05) is 27.7 Å². The molecular formula is C14H19FN2O3. The molecule has 1 fully saturated rings. The molecule has 0 unspecified atom stereocenters. The molecule has 110 valence electrons. The van der Waals surface area contributed by atoms with Crippen molar-refractivity contribution in [2.24, 2.45) is 0 Å². The fourth-order valence-electron chi connectivity index (χ4n) is 2.76. The number of hydrogen-bond donors (Lipinski definition) is 1. The zero-order valence-electron chi connectivity index (χ0n) is 12.1. The van der Waals surface area contributed by atoms with Gasteiger partial charge in [0, 0.05) is 19.3 Å². The van der Waals surface area contributed by atoms with E-state index in [9.17, 15) is 9.18 Å². The number of halogens is 1. The van der Waals surface area contributed by atoms with E-state index >= 15 is 0 Å². The lowest BCUT2D eigenvalue weighted by Gasteiger charge is -2.47. The van der Waals surface area contributed by atoms with E-state index in [-0.39, 0.29) is 11.4 Å². The summed E-state index contributed by atoms with van der Waals surface area (Å²) >= 11 is 0. The summed E-state index contributed by atoms with van der Waals surface area (Å²) in [6, 6.07) is 1.16. The number of carboxylic acids is 1. The number of rotatable bonds is 2. The van der Waals surface area contributed by atoms with Gasteiger partial charge in [0.1, 0.15) is 5.56 Å². The van der Waals surface area contributed by atoms with Crippen molar-refractivity contribution in [2.45, 2.75) is 38.9 Å². The van der Waals surface area contributed by atoms with Gasteiger partial charge in [0.2, 0.25) is 0 Å². The Morgan fingerprint density at radius 1 is 1.35 bits per heavy atom. The summed E-state index contributed by atoms with van der Waals surface area (Å²) in [5.41, 5.74) is -1.29. The molecule has 0 radical (unpaired) electrons. The Balaban J connectivity index is 2.41. The van der Waals surface area contributed by atoms with Crippen LogP contribution < -0.4 is 4.90 Å². The molecule has 0 bridgehead atoms. The van der Waals surface area contributed by atoms with Crippen molar-refractivity contribution in [2.75, 3.05) is 18.0 Å². The molecule has 6 heteroatoms. The molecule has 1 aromatic rings. The van der Waals surface area contributed by atoms with Crippen LogP contribution in [0.5, 0.6) is 0 Å². The second-order valence-corrected chi connectivity index (χ2v) is 6.28. The van der Waals surface area contributed by atoms with E-state index in [4.69, 9.17) is 9.84 Å². The van der Waals surface area contributed by atoms with E-state index in [0.717, 1.165) is 6.07 Å². The van der Waals surface area contributed by atoms with Gasteiger partial charge in [-0.1, -0.05) is 0 Å². The first-order valence-electron chi connectivity index (χ1n) is 6.44. The van der Waals surface area contributed by atoms with Crippen LogP contribution in [-0.2, 0) is 4.74 Å². The van der Waals surface area contributed by atoms with Gasteiger partial charge in [-0.25, -0.2) is 14.2 Å². The maximum Gasteiger partial charge on any atom is 0.338 e. The highest BCUT2D eigenvalue weighted by atomic mass is 19.1. The monoisotopic (exact) mass is 282 g/mol. The molecule has 0 amide bonds. The number of ether oxygens (including phenoxy) is 1. The minimum atomic E-state index is -1.29. The van der Waals surface area contributed by atoms with Crippen LogP contribution in [-0.4, -0.2) is 40.4 Å². The minimum Gasteiger partial charge on any atom is -0.478 e. The van der Waals surface area contributed by atoms with Gasteiger partial charge >= 0.3 is 5.97 Å². The largest absolute Gasteiger partial charge is 0.478 e. The quantitative estimate of drug-likeness (QED) is 0.902. The number of hydrogen-bond acceptors (Lipinski definition) is 4. The van der Waals surface area contributed by atoms with Gasteiger partial charge < -0.3 is 14.7 Å². The molecule has 1 aromatic heterocycles. The summed E-state index contributed by atoms with van der Waals surface area (Å²) < 4.78 is 20.2. The van der Waals surface area contributed by atoms with E-state index in [1.54, 1.807) is 4.90 Å². The molecule has 20 heavy (non-hydrogen) atoms. The van der Waals surface area contributed by atoms with Gasteiger partial charge in [-0.2, -0.15) is 0 Å². The third kappa shape index (κ3) is 2.90. The molecular weight excluding hydrogens is 263 g/mol. The fourth-order valence-corrected chi connectivity index (χ4v) is 2.76. The van der Waals surface area contributed by atoms with E-state index in [0.29, 0.717) is 13.1 Å². The molecule has 0 aromatic carbocycles. The van der Waals surface area contributed by atoms with E-state index in [1.165, 1.54) is 6.20 Å². The van der Waals surface area contributed by atoms with Crippen molar-refractivity contribution >= 4 is 11.8 Å². The van der Waals surface area contributed by atoms with Gasteiger partial charge in [0.25, 0.3) is 0 Å². The van der Waals surface area contributed by atoms with Crippen molar-refractivity contribution in [3.05, 3.63) is 23.6 Å². The highest BCUT2D eigenvalue weighted by Gasteiger charge is 2.39. The third-order valence-corrected chi connectivity index (χ3v) is 3.10. The number of nitrogens with zero attached hydrogens (tertiary/aromatic N) is 2. The smallest absolute Gasteiger partial charge is 0.338 e. The first-order chi connectivity index (χ1) is 9.11. The zero-order valence-corrected chi connectivity index (χ0v) is 12.1. The number of aromatic nitrogens is 1. The Bertz CT molecular complexity index is 527. The van der Waals surface area contributed by atoms with Crippen molar-refractivity contribution in [3.63, 3.8) is 0 Å². The maximum absolute atomic E-state index is 14.3. The summed E-state index contributed by atoms with van der Waals surface area (Å²) in [7, 11) is 0. The zero-order chi connectivity index (χ0) is 15.1. The Kier molecular flexibility index (Phi) is 3.46. The Morgan fingerprint density at radius 2 is 1.90 bits per heavy atom. The van der Waals surface area contributed by atoms with Crippen LogP contribution in [0.1, 0.15) is 38.1 Å². The maximum atomic E-state index is 14.3. The third-order valence-electron chi connectivity index (χ3n) is 3.10. The molecule has 2 heterocycles. The highest BCUT2D eigenvalue weighted by molar-refractivity contribution is 5.88. The van der Waals surface area contributed by atoms with Gasteiger partial charge in [-0.05, 0) is 33.8 Å². The topological polar surface area (TPSA) is 62.7 Å². The normalized spacial score (nSPS) is 20.8. The van der Waals surface area contributed by atoms with Gasteiger partial charge in [0.15, 0.2) is 11.6 Å². The van der Waals surface area contributed by atoms with Crippen molar-refractivity contribution in [1.29, 1.82) is 0 Å². The molecule has 0 spiro atoms. The lowest BCUT2D eigenvalue weighted by atomic mass is 9.99. The standard InChI is InChI=1S/C14H19FN2O3/c1-13(2)7-17(8-14(3,4)20-13)11-10(15)9(12(18)19)5-6-16-11/h5-6H,7-8H2,1-4H3,(H,18,19). The Hall–Kier alpha value is -1.69. The summed E-state index contributed by atoms with van der Waals surface area (Å²) in [5.74, 6) is -2.03. The van der Waals surface area contributed by atoms with Crippen LogP contribution in [0.3, 0.4) is 0 Å². The highest BCUT2D eigenvalue weighted by Crippen LogP contribution is 2.32. The number of morpholine rings is 1. The summed E-state index contributed by atoms with van der Waals surface area (Å²) in [4.78, 5) is 16.7. The predicted octanol–water partition coefficient (Wildman–Crippen LogP) is 2.31. The summed E-state index contributed by atoms with van der Waals surface area (Å²) in [6.45, 7) is 8.56. The molecule has 1 saturated heterocycles. The number of carboxylic acid groups (broad SMARTS) is 1. The summed E-state index contributed by atoms with van der Waals surface area (Å²) in [6.07, 6.45) is 1.32. The average Bonchev–Trinajstić information content (AvgIpc) is 2.24. The molecule has 0 saturated carbocycles. The second-order valence-electron chi connectivity index (χ2n) is 6.28. The first kappa shape index (κ1) is 14.7. The Labute approximate surface area is 117 Å². The minimum absolute atomic E-state index is 0.0642. The predicted molar refractivity (Wildman–Crippen MR) is 72.6 cm³/mol. The van der Waals surface area contributed by atoms with Crippen LogP contribution in [0.25, 0.3) is 0 Å². The van der Waals surface area contributed by atoms with Crippen LogP contribution in [0.2, 0.25) is 0 Å². The van der Waals surface area contributed by atoms with Crippen molar-refractivity contribution < 1.29 is 19.0 Å². The summed E-state index contributed by atoms with van der Waals surface area (Å²) in [5, 5.41) is 8.98. The number of anilines is 1. The van der Waals surface area contributed by atoms with Crippen molar-refractivity contribution in [3.8, 4) is 0 Å². The number of pyridine rings is 1. The van der Waals surface area contributed by atoms with Gasteiger partial charge in [-0.3, -0.25) is 0 Å². The second kappa shape index (κ2) is 4.70. The van der Waals surface area contributed by atoms with Crippen molar-refractivity contribution in [1.82, 2.24) is 4.98 Å². The lowest BCUT2D eigenvalue weighted by molar-refractivity contribution is -0.133. The number of carbonyl (C=O) groups is 1. The molecule has 0 atom stereocenters. The fraction of sp³-hybridized carbons (Fsp3) is 0.571. The molecule has 0 aliphatic carbocycles. The Morgan fingerprint density at radius 3 is 2.40 bits per heavy atom. The van der Waals surface area contributed by atoms with Crippen LogP contribution in [0, 0.1) is 5.82 Å². The molecule has 1 aliphatic rings. The average molecular weight is 282 g/mol. The first-order valence-corrected chi connectivity index (χ1v) is 6.44.